The van der Waals surface area contributed by atoms with Gasteiger partial charge in [-0.25, -0.2) is 4.68 Å². The van der Waals surface area contributed by atoms with Crippen LogP contribution in [0.25, 0.3) is 11.3 Å². The Bertz CT molecular complexity index is 1040. The summed E-state index contributed by atoms with van der Waals surface area (Å²) in [6, 6.07) is 7.99. The van der Waals surface area contributed by atoms with E-state index in [9.17, 15) is 10.1 Å². The Morgan fingerprint density at radius 3 is 2.72 bits per heavy atom. The number of nitrogens with zero attached hydrogens (tertiary/aromatic N) is 4. The van der Waals surface area contributed by atoms with E-state index in [0.717, 1.165) is 11.3 Å². The number of furan rings is 1. The van der Waals surface area contributed by atoms with Gasteiger partial charge in [0.2, 0.25) is 4.80 Å². The van der Waals surface area contributed by atoms with E-state index in [-0.39, 0.29) is 11.6 Å². The first kappa shape index (κ1) is 17.4. The lowest BCUT2D eigenvalue weighted by molar-refractivity contribution is -0.402. The third-order valence-electron chi connectivity index (χ3n) is 3.18. The highest BCUT2D eigenvalue weighted by Crippen LogP contribution is 2.28. The van der Waals surface area contributed by atoms with Crippen molar-refractivity contribution in [3.63, 3.8) is 0 Å². The van der Waals surface area contributed by atoms with Crippen molar-refractivity contribution >= 4 is 46.6 Å². The third-order valence-corrected chi connectivity index (χ3v) is 4.83. The van der Waals surface area contributed by atoms with Crippen molar-refractivity contribution in [2.24, 2.45) is 10.1 Å². The average molecular weight is 397 g/mol. The minimum Gasteiger partial charge on any atom is -0.400 e. The lowest BCUT2D eigenvalue weighted by atomic mass is 10.2. The molecule has 2 aromatic heterocycles. The molecule has 10 heteroatoms. The Hall–Kier alpha value is -2.42. The normalized spacial score (nSPS) is 12.2. The van der Waals surface area contributed by atoms with E-state index >= 15 is 0 Å². The maximum absolute atomic E-state index is 10.7. The topological polar surface area (TPSA) is 85.9 Å². The second kappa shape index (κ2) is 7.22. The molecule has 0 saturated carbocycles. The van der Waals surface area contributed by atoms with Crippen molar-refractivity contribution in [2.75, 3.05) is 7.05 Å². The van der Waals surface area contributed by atoms with Crippen LogP contribution in [0.3, 0.4) is 0 Å². The van der Waals surface area contributed by atoms with Gasteiger partial charge in [0, 0.05) is 18.0 Å². The molecule has 3 aromatic rings. The number of halogens is 2. The van der Waals surface area contributed by atoms with Gasteiger partial charge in [-0.1, -0.05) is 29.3 Å². The molecule has 0 aliphatic rings. The van der Waals surface area contributed by atoms with Crippen LogP contribution in [-0.2, 0) is 0 Å². The first-order chi connectivity index (χ1) is 12.0. The van der Waals surface area contributed by atoms with Crippen LogP contribution in [0.5, 0.6) is 0 Å². The summed E-state index contributed by atoms with van der Waals surface area (Å²) in [5, 5.41) is 17.8. The van der Waals surface area contributed by atoms with Crippen LogP contribution in [0.15, 0.2) is 50.2 Å². The largest absolute Gasteiger partial charge is 0.433 e. The van der Waals surface area contributed by atoms with Crippen LogP contribution in [0.1, 0.15) is 5.76 Å². The molecule has 0 saturated heterocycles. The summed E-state index contributed by atoms with van der Waals surface area (Å²) >= 11 is 13.4. The van der Waals surface area contributed by atoms with Gasteiger partial charge >= 0.3 is 5.88 Å². The van der Waals surface area contributed by atoms with E-state index in [1.54, 1.807) is 23.9 Å². The molecular weight excluding hydrogens is 387 g/mol. The molecule has 7 nitrogen and oxygen atoms in total. The second-order valence-corrected chi connectivity index (χ2v) is 6.40. The summed E-state index contributed by atoms with van der Waals surface area (Å²) in [5.74, 6) is -0.0885. The van der Waals surface area contributed by atoms with Crippen molar-refractivity contribution in [1.82, 2.24) is 4.68 Å². The standard InChI is InChI=1S/C15H10Cl2N4O3S/c1-18-15-20(19-7-10-3-5-14(24-10)21(22)23)13(8-25-15)9-2-4-11(16)12(17)6-9/h2-8H,1H3. The van der Waals surface area contributed by atoms with E-state index < -0.39 is 4.92 Å². The fraction of sp³-hybridized carbons (Fsp3) is 0.0667. The molecule has 2 heterocycles. The van der Waals surface area contributed by atoms with Crippen molar-refractivity contribution in [3.05, 3.63) is 66.4 Å². The first-order valence-corrected chi connectivity index (χ1v) is 8.50. The minimum absolute atomic E-state index is 0.257. The van der Waals surface area contributed by atoms with Gasteiger partial charge in [0.05, 0.1) is 28.0 Å². The van der Waals surface area contributed by atoms with Gasteiger partial charge in [0.1, 0.15) is 4.92 Å². The summed E-state index contributed by atoms with van der Waals surface area (Å²) in [7, 11) is 1.65. The zero-order valence-electron chi connectivity index (χ0n) is 12.7. The lowest BCUT2D eigenvalue weighted by Crippen LogP contribution is -2.11. The Morgan fingerprint density at radius 2 is 2.08 bits per heavy atom. The van der Waals surface area contributed by atoms with Gasteiger partial charge in [-0.15, -0.1) is 11.3 Å². The van der Waals surface area contributed by atoms with E-state index in [0.29, 0.717) is 14.8 Å². The number of nitro groups is 1. The van der Waals surface area contributed by atoms with E-state index in [4.69, 9.17) is 27.6 Å². The molecule has 128 valence electrons. The monoisotopic (exact) mass is 396 g/mol. The quantitative estimate of drug-likeness (QED) is 0.371. The number of thiazole rings is 1. The van der Waals surface area contributed by atoms with Gasteiger partial charge < -0.3 is 4.42 Å². The molecule has 1 aromatic carbocycles. The molecule has 0 unspecified atom stereocenters. The molecule has 0 amide bonds. The lowest BCUT2D eigenvalue weighted by Gasteiger charge is -2.04. The van der Waals surface area contributed by atoms with Crippen LogP contribution in [0, 0.1) is 10.1 Å². The van der Waals surface area contributed by atoms with Crippen LogP contribution in [0.4, 0.5) is 5.88 Å². The highest BCUT2D eigenvalue weighted by molar-refractivity contribution is 7.07. The zero-order chi connectivity index (χ0) is 18.0. The first-order valence-electron chi connectivity index (χ1n) is 6.87. The highest BCUT2D eigenvalue weighted by Gasteiger charge is 2.12. The Labute approximate surface area is 155 Å². The molecule has 0 bridgehead atoms. The molecule has 0 aliphatic heterocycles. The van der Waals surface area contributed by atoms with Crippen LogP contribution in [-0.4, -0.2) is 22.9 Å². The predicted octanol–water partition coefficient (Wildman–Crippen LogP) is 4.44. The van der Waals surface area contributed by atoms with Crippen molar-refractivity contribution < 1.29 is 9.34 Å². The smallest absolute Gasteiger partial charge is 0.400 e. The number of hydrogen-bond acceptors (Lipinski definition) is 6. The Morgan fingerprint density at radius 1 is 1.28 bits per heavy atom. The van der Waals surface area contributed by atoms with Gasteiger partial charge in [0.15, 0.2) is 5.76 Å². The van der Waals surface area contributed by atoms with Crippen LogP contribution < -0.4 is 4.80 Å². The number of aromatic nitrogens is 1. The summed E-state index contributed by atoms with van der Waals surface area (Å²) in [6.07, 6.45) is 1.38. The maximum atomic E-state index is 10.7. The highest BCUT2D eigenvalue weighted by atomic mass is 35.5. The fourth-order valence-electron chi connectivity index (χ4n) is 2.04. The SMILES string of the molecule is CN=c1scc(-c2ccc(Cl)c(Cl)c2)n1N=Cc1ccc([N+](=O)[O-])o1. The fourth-order valence-corrected chi connectivity index (χ4v) is 3.14. The molecule has 0 fully saturated rings. The molecule has 0 aliphatic carbocycles. The van der Waals surface area contributed by atoms with E-state index in [2.05, 4.69) is 10.1 Å². The summed E-state index contributed by atoms with van der Waals surface area (Å²) in [6.45, 7) is 0. The molecule has 25 heavy (non-hydrogen) atoms. The van der Waals surface area contributed by atoms with Gasteiger partial charge in [-0.3, -0.25) is 15.1 Å². The maximum Gasteiger partial charge on any atom is 0.433 e. The van der Waals surface area contributed by atoms with Crippen molar-refractivity contribution in [3.8, 4) is 11.3 Å². The molecule has 3 rings (SSSR count). The molecule has 0 radical (unpaired) electrons. The van der Waals surface area contributed by atoms with Crippen LogP contribution >= 0.6 is 34.5 Å². The van der Waals surface area contributed by atoms with Crippen molar-refractivity contribution in [1.29, 1.82) is 0 Å². The predicted molar refractivity (Wildman–Crippen MR) is 97.6 cm³/mol. The van der Waals surface area contributed by atoms with Gasteiger partial charge in [-0.05, 0) is 18.2 Å². The molecular formula is C15H10Cl2N4O3S. The van der Waals surface area contributed by atoms with Crippen LogP contribution in [0.2, 0.25) is 10.0 Å². The number of benzene rings is 1. The second-order valence-electron chi connectivity index (χ2n) is 4.75. The Kier molecular flexibility index (Phi) is 5.03. The average Bonchev–Trinajstić information content (AvgIpc) is 3.21. The summed E-state index contributed by atoms with van der Waals surface area (Å²) in [5.41, 5.74) is 1.56. The zero-order valence-corrected chi connectivity index (χ0v) is 15.0. The number of rotatable bonds is 4. The van der Waals surface area contributed by atoms with E-state index in [1.165, 1.54) is 29.7 Å². The Balaban J connectivity index is 2.03. The molecule has 0 N–H and O–H groups in total. The minimum atomic E-state index is -0.608. The van der Waals surface area contributed by atoms with Crippen molar-refractivity contribution in [2.45, 2.75) is 0 Å². The van der Waals surface area contributed by atoms with Gasteiger partial charge in [0.25, 0.3) is 0 Å². The third kappa shape index (κ3) is 3.65. The summed E-state index contributed by atoms with van der Waals surface area (Å²) in [4.78, 5) is 14.9. The van der Waals surface area contributed by atoms with E-state index in [1.807, 2.05) is 11.4 Å². The number of hydrogen-bond donors (Lipinski definition) is 0. The molecule has 0 atom stereocenters. The molecule has 0 spiro atoms. The summed E-state index contributed by atoms with van der Waals surface area (Å²) < 4.78 is 6.67. The van der Waals surface area contributed by atoms with Gasteiger partial charge in [-0.2, -0.15) is 5.10 Å².